The first-order valence-corrected chi connectivity index (χ1v) is 8.25. The topological polar surface area (TPSA) is 43.0 Å². The first-order valence-electron chi connectivity index (χ1n) is 8.25. The van der Waals surface area contributed by atoms with Crippen molar-refractivity contribution in [3.05, 3.63) is 35.9 Å². The number of benzene rings is 1. The van der Waals surface area contributed by atoms with Gasteiger partial charge in [-0.3, -0.25) is 4.90 Å². The monoisotopic (exact) mass is 318 g/mol. The summed E-state index contributed by atoms with van der Waals surface area (Å²) in [6, 6.07) is 8.11. The largest absolute Gasteiger partial charge is 0.497 e. The molecule has 2 heterocycles. The van der Waals surface area contributed by atoms with Crippen molar-refractivity contribution in [3.8, 4) is 5.75 Å². The molecule has 1 spiro atoms. The van der Waals surface area contributed by atoms with E-state index < -0.39 is 0 Å². The predicted molar refractivity (Wildman–Crippen MR) is 90.8 cm³/mol. The second-order valence-electron chi connectivity index (χ2n) is 6.17. The fourth-order valence-electron chi connectivity index (χ4n) is 3.10. The van der Waals surface area contributed by atoms with E-state index in [2.05, 4.69) is 34.5 Å². The molecule has 0 aliphatic carbocycles. The maximum Gasteiger partial charge on any atom is 0.118 e. The number of hydrogen-bond acceptors (Lipinski definition) is 5. The minimum atomic E-state index is -0.192. The lowest BCUT2D eigenvalue weighted by Crippen LogP contribution is -2.58. The highest BCUT2D eigenvalue weighted by molar-refractivity contribution is 5.50. The van der Waals surface area contributed by atoms with Gasteiger partial charge in [0.1, 0.15) is 11.4 Å². The third-order valence-electron chi connectivity index (χ3n) is 4.35. The molecule has 5 nitrogen and oxygen atoms in total. The molecule has 1 atom stereocenters. The zero-order chi connectivity index (χ0) is 16.0. The lowest BCUT2D eigenvalue weighted by atomic mass is 10.0. The molecule has 2 aliphatic heterocycles. The van der Waals surface area contributed by atoms with Crippen LogP contribution in [0.5, 0.6) is 5.75 Å². The van der Waals surface area contributed by atoms with Gasteiger partial charge in [0, 0.05) is 32.7 Å². The Morgan fingerprint density at radius 1 is 1.30 bits per heavy atom. The summed E-state index contributed by atoms with van der Waals surface area (Å²) in [6.45, 7) is 6.79. The SMILES string of the molecule is COc1ccc(/C=C/CN2CCO[C@@]3(CNCCOC3)C2)cc1. The van der Waals surface area contributed by atoms with Crippen molar-refractivity contribution in [2.75, 3.05) is 59.7 Å². The van der Waals surface area contributed by atoms with Crippen LogP contribution in [0.4, 0.5) is 0 Å². The molecule has 2 aliphatic rings. The number of nitrogens with one attached hydrogen (secondary N) is 1. The summed E-state index contributed by atoms with van der Waals surface area (Å²) < 4.78 is 16.9. The minimum absolute atomic E-state index is 0.192. The first-order chi connectivity index (χ1) is 11.3. The Hall–Kier alpha value is -1.40. The van der Waals surface area contributed by atoms with Crippen molar-refractivity contribution in [2.45, 2.75) is 5.60 Å². The van der Waals surface area contributed by atoms with Crippen LogP contribution in [0.1, 0.15) is 5.56 Å². The van der Waals surface area contributed by atoms with Gasteiger partial charge in [-0.15, -0.1) is 0 Å². The fourth-order valence-corrected chi connectivity index (χ4v) is 3.10. The Kier molecular flexibility index (Phi) is 5.67. The number of hydrogen-bond donors (Lipinski definition) is 1. The van der Waals surface area contributed by atoms with Crippen LogP contribution in [0.25, 0.3) is 6.08 Å². The summed E-state index contributed by atoms with van der Waals surface area (Å²) in [7, 11) is 1.69. The normalized spacial score (nSPS) is 26.5. The lowest BCUT2D eigenvalue weighted by Gasteiger charge is -2.41. The maximum atomic E-state index is 6.04. The molecule has 3 rings (SSSR count). The van der Waals surface area contributed by atoms with E-state index in [0.717, 1.165) is 51.7 Å². The average molecular weight is 318 g/mol. The highest BCUT2D eigenvalue weighted by Crippen LogP contribution is 2.20. The van der Waals surface area contributed by atoms with Crippen molar-refractivity contribution >= 4 is 6.08 Å². The molecule has 1 N–H and O–H groups in total. The molecule has 1 aromatic carbocycles. The van der Waals surface area contributed by atoms with Crippen molar-refractivity contribution in [1.82, 2.24) is 10.2 Å². The number of methoxy groups -OCH3 is 1. The van der Waals surface area contributed by atoms with Crippen LogP contribution in [-0.4, -0.2) is 70.2 Å². The van der Waals surface area contributed by atoms with Crippen LogP contribution < -0.4 is 10.1 Å². The van der Waals surface area contributed by atoms with Crippen LogP contribution in [0.15, 0.2) is 30.3 Å². The van der Waals surface area contributed by atoms with E-state index in [1.165, 1.54) is 5.56 Å². The van der Waals surface area contributed by atoms with Gasteiger partial charge in [-0.2, -0.15) is 0 Å². The van der Waals surface area contributed by atoms with E-state index in [1.807, 2.05) is 12.1 Å². The van der Waals surface area contributed by atoms with E-state index in [-0.39, 0.29) is 5.60 Å². The molecule has 1 aromatic rings. The third-order valence-corrected chi connectivity index (χ3v) is 4.35. The van der Waals surface area contributed by atoms with Gasteiger partial charge in [0.05, 0.1) is 26.9 Å². The second-order valence-corrected chi connectivity index (χ2v) is 6.17. The maximum absolute atomic E-state index is 6.04. The Labute approximate surface area is 138 Å². The van der Waals surface area contributed by atoms with Crippen LogP contribution in [0, 0.1) is 0 Å². The summed E-state index contributed by atoms with van der Waals surface area (Å²) in [5.74, 6) is 0.887. The van der Waals surface area contributed by atoms with E-state index in [0.29, 0.717) is 6.61 Å². The molecule has 126 valence electrons. The van der Waals surface area contributed by atoms with Gasteiger partial charge in [-0.05, 0) is 17.7 Å². The van der Waals surface area contributed by atoms with E-state index >= 15 is 0 Å². The van der Waals surface area contributed by atoms with Gasteiger partial charge in [0.25, 0.3) is 0 Å². The molecule has 0 bridgehead atoms. The smallest absolute Gasteiger partial charge is 0.118 e. The van der Waals surface area contributed by atoms with Crippen molar-refractivity contribution in [3.63, 3.8) is 0 Å². The van der Waals surface area contributed by atoms with Crippen molar-refractivity contribution in [2.24, 2.45) is 0 Å². The molecular weight excluding hydrogens is 292 g/mol. The van der Waals surface area contributed by atoms with E-state index in [1.54, 1.807) is 7.11 Å². The van der Waals surface area contributed by atoms with Gasteiger partial charge in [-0.25, -0.2) is 0 Å². The number of ether oxygens (including phenoxy) is 3. The third kappa shape index (κ3) is 4.54. The van der Waals surface area contributed by atoms with Crippen molar-refractivity contribution < 1.29 is 14.2 Å². The van der Waals surface area contributed by atoms with Gasteiger partial charge in [0.2, 0.25) is 0 Å². The van der Waals surface area contributed by atoms with Gasteiger partial charge >= 0.3 is 0 Å². The second kappa shape index (κ2) is 7.93. The highest BCUT2D eigenvalue weighted by atomic mass is 16.5. The van der Waals surface area contributed by atoms with Gasteiger partial charge in [0.15, 0.2) is 0 Å². The zero-order valence-electron chi connectivity index (χ0n) is 13.8. The molecule has 23 heavy (non-hydrogen) atoms. The first kappa shape index (κ1) is 16.5. The summed E-state index contributed by atoms with van der Waals surface area (Å²) in [5.41, 5.74) is 0.996. The Bertz CT molecular complexity index is 508. The summed E-state index contributed by atoms with van der Waals surface area (Å²) in [4.78, 5) is 2.43. The number of rotatable bonds is 4. The molecule has 2 fully saturated rings. The van der Waals surface area contributed by atoms with Crippen LogP contribution in [0.2, 0.25) is 0 Å². The molecule has 0 amide bonds. The standard InChI is InChI=1S/C18H26N2O3/c1-21-17-6-4-16(5-7-17)3-2-9-20-10-12-23-18(14-20)13-19-8-11-22-15-18/h2-7,19H,8-15H2,1H3/b3-2+/t18-/m0/s1. The van der Waals surface area contributed by atoms with Crippen LogP contribution in [-0.2, 0) is 9.47 Å². The van der Waals surface area contributed by atoms with Gasteiger partial charge in [-0.1, -0.05) is 24.3 Å². The minimum Gasteiger partial charge on any atom is -0.497 e. The Morgan fingerprint density at radius 3 is 3.00 bits per heavy atom. The Balaban J connectivity index is 1.53. The van der Waals surface area contributed by atoms with Crippen molar-refractivity contribution in [1.29, 1.82) is 0 Å². The highest BCUT2D eigenvalue weighted by Gasteiger charge is 2.37. The van der Waals surface area contributed by atoms with Crippen LogP contribution >= 0.6 is 0 Å². The van der Waals surface area contributed by atoms with Gasteiger partial charge < -0.3 is 19.5 Å². The molecule has 2 saturated heterocycles. The summed E-state index contributed by atoms with van der Waals surface area (Å²) >= 11 is 0. The number of morpholine rings is 1. The summed E-state index contributed by atoms with van der Waals surface area (Å²) in [6.07, 6.45) is 4.37. The van der Waals surface area contributed by atoms with E-state index in [9.17, 15) is 0 Å². The zero-order valence-corrected chi connectivity index (χ0v) is 13.8. The summed E-state index contributed by atoms with van der Waals surface area (Å²) in [5, 5.41) is 3.41. The quantitative estimate of drug-likeness (QED) is 0.909. The fraction of sp³-hybridized carbons (Fsp3) is 0.556. The van der Waals surface area contributed by atoms with E-state index in [4.69, 9.17) is 14.2 Å². The molecule has 0 unspecified atom stereocenters. The lowest BCUT2D eigenvalue weighted by molar-refractivity contribution is -0.131. The average Bonchev–Trinajstić information content (AvgIpc) is 2.81. The molecule has 0 saturated carbocycles. The molecule has 0 radical (unpaired) electrons. The molecular formula is C18H26N2O3. The number of nitrogens with zero attached hydrogens (tertiary/aromatic N) is 1. The molecule has 0 aromatic heterocycles. The predicted octanol–water partition coefficient (Wildman–Crippen LogP) is 1.40. The Morgan fingerprint density at radius 2 is 2.17 bits per heavy atom. The molecule has 5 heteroatoms. The van der Waals surface area contributed by atoms with Crippen LogP contribution in [0.3, 0.4) is 0 Å².